The summed E-state index contributed by atoms with van der Waals surface area (Å²) in [6.45, 7) is 1.81. The van der Waals surface area contributed by atoms with E-state index in [1.807, 2.05) is 0 Å². The first-order valence-electron chi connectivity index (χ1n) is 4.94. The van der Waals surface area contributed by atoms with Crippen molar-refractivity contribution in [1.82, 2.24) is 15.5 Å². The van der Waals surface area contributed by atoms with Gasteiger partial charge in [0.2, 0.25) is 5.91 Å². The number of carbonyl (C=O) groups is 3. The number of hydrogen-bond donors (Lipinski definition) is 3. The third kappa shape index (κ3) is 2.85. The molecule has 0 aliphatic carbocycles. The highest BCUT2D eigenvalue weighted by Crippen LogP contribution is 2.02. The second-order valence-corrected chi connectivity index (χ2v) is 3.78. The molecule has 1 fully saturated rings. The Hall–Kier alpha value is -1.79. The highest BCUT2D eigenvalue weighted by molar-refractivity contribution is 5.84. The third-order valence-electron chi connectivity index (χ3n) is 2.56. The molecule has 0 spiro atoms. The number of rotatable bonds is 3. The van der Waals surface area contributed by atoms with Gasteiger partial charge >= 0.3 is 12.0 Å². The quantitative estimate of drug-likeness (QED) is 0.577. The maximum absolute atomic E-state index is 11.6. The van der Waals surface area contributed by atoms with Gasteiger partial charge in [-0.25, -0.2) is 9.59 Å². The van der Waals surface area contributed by atoms with Crippen molar-refractivity contribution in [2.45, 2.75) is 25.4 Å². The van der Waals surface area contributed by atoms with E-state index in [1.54, 1.807) is 0 Å². The van der Waals surface area contributed by atoms with E-state index in [4.69, 9.17) is 5.11 Å². The third-order valence-corrected chi connectivity index (χ3v) is 2.56. The van der Waals surface area contributed by atoms with Gasteiger partial charge in [-0.15, -0.1) is 0 Å². The summed E-state index contributed by atoms with van der Waals surface area (Å²) in [5.74, 6) is -1.18. The van der Waals surface area contributed by atoms with Crippen LogP contribution in [0.15, 0.2) is 0 Å². The number of nitrogens with one attached hydrogen (secondary N) is 2. The molecule has 0 aromatic carbocycles. The first kappa shape index (κ1) is 12.3. The Morgan fingerprint density at radius 1 is 1.62 bits per heavy atom. The number of likely N-dealkylation sites (N-methyl/N-ethyl adjacent to an activating group) is 1. The van der Waals surface area contributed by atoms with Crippen molar-refractivity contribution in [3.05, 3.63) is 0 Å². The van der Waals surface area contributed by atoms with Gasteiger partial charge in [0.1, 0.15) is 6.04 Å². The largest absolute Gasteiger partial charge is 0.480 e. The predicted octanol–water partition coefficient (Wildman–Crippen LogP) is -1.01. The minimum atomic E-state index is -1.07. The molecule has 1 saturated heterocycles. The number of amides is 3. The highest BCUT2D eigenvalue weighted by atomic mass is 16.4. The zero-order valence-corrected chi connectivity index (χ0v) is 9.19. The van der Waals surface area contributed by atoms with Gasteiger partial charge in [-0.3, -0.25) is 4.79 Å². The van der Waals surface area contributed by atoms with Crippen LogP contribution >= 0.6 is 0 Å². The van der Waals surface area contributed by atoms with Crippen LogP contribution in [-0.2, 0) is 9.59 Å². The van der Waals surface area contributed by atoms with Gasteiger partial charge in [0.05, 0.1) is 6.04 Å². The molecule has 2 unspecified atom stereocenters. The summed E-state index contributed by atoms with van der Waals surface area (Å²) in [6.07, 6.45) is 0.237. The number of hydrogen-bond acceptors (Lipinski definition) is 3. The van der Waals surface area contributed by atoms with Crippen LogP contribution < -0.4 is 10.6 Å². The summed E-state index contributed by atoms with van der Waals surface area (Å²) in [6, 6.07) is -1.65. The van der Waals surface area contributed by atoms with Crippen molar-refractivity contribution in [2.75, 3.05) is 13.6 Å². The minimum Gasteiger partial charge on any atom is -0.480 e. The first-order valence-corrected chi connectivity index (χ1v) is 4.94. The number of aliphatic carboxylic acids is 1. The Kier molecular flexibility index (Phi) is 3.70. The second-order valence-electron chi connectivity index (χ2n) is 3.78. The molecule has 0 bridgehead atoms. The Balaban J connectivity index is 2.45. The van der Waals surface area contributed by atoms with Crippen LogP contribution in [0.25, 0.3) is 0 Å². The lowest BCUT2D eigenvalue weighted by molar-refractivity contribution is -0.141. The van der Waals surface area contributed by atoms with Crippen LogP contribution in [0.4, 0.5) is 4.79 Å². The van der Waals surface area contributed by atoms with Gasteiger partial charge in [0, 0.05) is 20.0 Å². The van der Waals surface area contributed by atoms with E-state index in [-0.39, 0.29) is 18.4 Å². The predicted molar refractivity (Wildman–Crippen MR) is 54.8 cm³/mol. The molecule has 0 radical (unpaired) electrons. The average Bonchev–Trinajstić information content (AvgIpc) is 2.61. The van der Waals surface area contributed by atoms with E-state index in [2.05, 4.69) is 10.6 Å². The smallest absolute Gasteiger partial charge is 0.326 e. The van der Waals surface area contributed by atoms with E-state index in [1.165, 1.54) is 14.0 Å². The molecule has 0 aromatic heterocycles. The topological polar surface area (TPSA) is 98.7 Å². The van der Waals surface area contributed by atoms with Gasteiger partial charge in [-0.05, 0) is 6.92 Å². The summed E-state index contributed by atoms with van der Waals surface area (Å²) < 4.78 is 0. The van der Waals surface area contributed by atoms with Crippen LogP contribution in [0.1, 0.15) is 13.3 Å². The molecule has 1 aliphatic rings. The Morgan fingerprint density at radius 3 is 2.69 bits per heavy atom. The van der Waals surface area contributed by atoms with Crippen LogP contribution in [-0.4, -0.2) is 53.6 Å². The van der Waals surface area contributed by atoms with Crippen molar-refractivity contribution < 1.29 is 19.5 Å². The van der Waals surface area contributed by atoms with Crippen LogP contribution in [0.2, 0.25) is 0 Å². The van der Waals surface area contributed by atoms with Gasteiger partial charge < -0.3 is 20.6 Å². The lowest BCUT2D eigenvalue weighted by atomic mass is 10.2. The summed E-state index contributed by atoms with van der Waals surface area (Å²) in [7, 11) is 1.40. The first-order chi connectivity index (χ1) is 7.41. The normalized spacial score (nSPS) is 21.1. The zero-order chi connectivity index (χ0) is 12.3. The van der Waals surface area contributed by atoms with E-state index in [0.29, 0.717) is 6.54 Å². The van der Waals surface area contributed by atoms with E-state index in [9.17, 15) is 14.4 Å². The van der Waals surface area contributed by atoms with E-state index >= 15 is 0 Å². The number of urea groups is 1. The second kappa shape index (κ2) is 4.82. The van der Waals surface area contributed by atoms with E-state index < -0.39 is 18.0 Å². The molecule has 1 heterocycles. The lowest BCUT2D eigenvalue weighted by Gasteiger charge is -2.23. The summed E-state index contributed by atoms with van der Waals surface area (Å²) in [5, 5.41) is 13.9. The van der Waals surface area contributed by atoms with Crippen LogP contribution in [0, 0.1) is 0 Å². The van der Waals surface area contributed by atoms with Crippen LogP contribution in [0.3, 0.4) is 0 Å². The maximum atomic E-state index is 11.6. The maximum Gasteiger partial charge on any atom is 0.326 e. The fourth-order valence-electron chi connectivity index (χ4n) is 1.33. The summed E-state index contributed by atoms with van der Waals surface area (Å²) in [5.41, 5.74) is 0. The number of carboxylic acids is 1. The fraction of sp³-hybridized carbons (Fsp3) is 0.667. The monoisotopic (exact) mass is 229 g/mol. The number of carboxylic acid groups (broad SMARTS) is 1. The molecule has 7 nitrogen and oxygen atoms in total. The lowest BCUT2D eigenvalue weighted by Crippen LogP contribution is -2.49. The molecule has 90 valence electrons. The Bertz CT molecular complexity index is 318. The summed E-state index contributed by atoms with van der Waals surface area (Å²) >= 11 is 0. The molecular formula is C9H15N3O4. The van der Waals surface area contributed by atoms with Gasteiger partial charge in [0.15, 0.2) is 0 Å². The molecule has 0 aromatic rings. The molecule has 1 aliphatic heterocycles. The molecule has 3 amide bonds. The summed E-state index contributed by atoms with van der Waals surface area (Å²) in [4.78, 5) is 34.2. The highest BCUT2D eigenvalue weighted by Gasteiger charge is 2.27. The molecular weight excluding hydrogens is 214 g/mol. The molecule has 16 heavy (non-hydrogen) atoms. The van der Waals surface area contributed by atoms with Crippen molar-refractivity contribution in [2.24, 2.45) is 0 Å². The Morgan fingerprint density at radius 2 is 2.25 bits per heavy atom. The zero-order valence-electron chi connectivity index (χ0n) is 9.19. The van der Waals surface area contributed by atoms with Crippen molar-refractivity contribution in [3.63, 3.8) is 0 Å². The standard InChI is InChI=1S/C9H15N3O4/c1-5(8(14)15)12(2)9(16)11-6-3-7(13)10-4-6/h5-6H,3-4H2,1-2H3,(H,10,13)(H,11,16)(H,14,15). The van der Waals surface area contributed by atoms with Gasteiger partial charge in [0.25, 0.3) is 0 Å². The number of nitrogens with zero attached hydrogens (tertiary/aromatic N) is 1. The van der Waals surface area contributed by atoms with Crippen molar-refractivity contribution >= 4 is 17.9 Å². The average molecular weight is 229 g/mol. The van der Waals surface area contributed by atoms with Crippen LogP contribution in [0.5, 0.6) is 0 Å². The molecule has 1 rings (SSSR count). The number of carbonyl (C=O) groups excluding carboxylic acids is 2. The van der Waals surface area contributed by atoms with Crippen molar-refractivity contribution in [3.8, 4) is 0 Å². The SMILES string of the molecule is CC(C(=O)O)N(C)C(=O)NC1CNC(=O)C1. The Labute approximate surface area is 92.8 Å². The minimum absolute atomic E-state index is 0.112. The molecule has 0 saturated carbocycles. The molecule has 3 N–H and O–H groups in total. The molecule has 2 atom stereocenters. The van der Waals surface area contributed by atoms with Gasteiger partial charge in [-0.2, -0.15) is 0 Å². The van der Waals surface area contributed by atoms with Crippen molar-refractivity contribution in [1.29, 1.82) is 0 Å². The fourth-order valence-corrected chi connectivity index (χ4v) is 1.33. The molecule has 7 heteroatoms. The van der Waals surface area contributed by atoms with E-state index in [0.717, 1.165) is 4.90 Å². The van der Waals surface area contributed by atoms with Gasteiger partial charge in [-0.1, -0.05) is 0 Å².